The number of carbonyl (C=O) groups is 1. The second-order valence-electron chi connectivity index (χ2n) is 6.89. The molecule has 1 atom stereocenters. The number of thiophene rings is 1. The Morgan fingerprint density at radius 1 is 1.23 bits per heavy atom. The molecule has 5 nitrogen and oxygen atoms in total. The van der Waals surface area contributed by atoms with Crippen LogP contribution in [0.25, 0.3) is 10.2 Å². The van der Waals surface area contributed by atoms with Crippen LogP contribution in [0.2, 0.25) is 0 Å². The number of aliphatic carboxylic acids is 1. The number of carboxylic acid groups (broad SMARTS) is 1. The van der Waals surface area contributed by atoms with E-state index >= 15 is 0 Å². The zero-order valence-electron chi connectivity index (χ0n) is 15.2. The molecule has 0 bridgehead atoms. The fraction of sp³-hybridized carbons (Fsp3) is 0.350. The number of nitrogens with zero attached hydrogens (tertiary/aromatic N) is 2. The van der Waals surface area contributed by atoms with Crippen molar-refractivity contribution in [2.45, 2.75) is 39.7 Å². The van der Waals surface area contributed by atoms with E-state index in [1.165, 1.54) is 0 Å². The van der Waals surface area contributed by atoms with Crippen molar-refractivity contribution in [3.8, 4) is 0 Å². The predicted octanol–water partition coefficient (Wildman–Crippen LogP) is 4.50. The van der Waals surface area contributed by atoms with E-state index in [1.807, 2.05) is 57.2 Å². The minimum atomic E-state index is -0.859. The molecule has 136 valence electrons. The van der Waals surface area contributed by atoms with Crippen LogP contribution in [0, 0.1) is 12.8 Å². The third-order valence-corrected chi connectivity index (χ3v) is 5.03. The number of nitrogens with one attached hydrogen (secondary N) is 1. The van der Waals surface area contributed by atoms with Gasteiger partial charge in [-0.3, -0.25) is 0 Å². The van der Waals surface area contributed by atoms with Crippen molar-refractivity contribution in [3.63, 3.8) is 0 Å². The smallest absolute Gasteiger partial charge is 0.326 e. The summed E-state index contributed by atoms with van der Waals surface area (Å²) in [5.41, 5.74) is 1.13. The van der Waals surface area contributed by atoms with E-state index in [0.717, 1.165) is 20.7 Å². The number of carboxylic acids is 1. The Bertz CT molecular complexity index is 906. The van der Waals surface area contributed by atoms with E-state index in [9.17, 15) is 9.90 Å². The minimum absolute atomic E-state index is 0.272. The Kier molecular flexibility index (Phi) is 5.52. The molecule has 3 rings (SSSR count). The SMILES string of the molecule is Cc1cc2c(NC(CC(C)C)C(=O)O)nc(Cc3ccccc3)nc2s1. The highest BCUT2D eigenvalue weighted by Gasteiger charge is 2.21. The molecule has 2 N–H and O–H groups in total. The second-order valence-corrected chi connectivity index (χ2v) is 8.13. The lowest BCUT2D eigenvalue weighted by atomic mass is 10.0. The van der Waals surface area contributed by atoms with Crippen LogP contribution in [0.15, 0.2) is 36.4 Å². The number of rotatable bonds is 7. The van der Waals surface area contributed by atoms with Crippen molar-refractivity contribution in [1.29, 1.82) is 0 Å². The van der Waals surface area contributed by atoms with Gasteiger partial charge in [0.1, 0.15) is 22.5 Å². The fourth-order valence-corrected chi connectivity index (χ4v) is 3.81. The summed E-state index contributed by atoms with van der Waals surface area (Å²) in [6.45, 7) is 6.06. The number of fused-ring (bicyclic) bond motifs is 1. The summed E-state index contributed by atoms with van der Waals surface area (Å²) >= 11 is 1.60. The summed E-state index contributed by atoms with van der Waals surface area (Å²) in [5, 5.41) is 13.6. The molecular weight excluding hydrogens is 346 g/mol. The average Bonchev–Trinajstić information content (AvgIpc) is 2.95. The first-order valence-corrected chi connectivity index (χ1v) is 9.54. The molecule has 0 radical (unpaired) electrons. The Morgan fingerprint density at radius 3 is 2.62 bits per heavy atom. The topological polar surface area (TPSA) is 75.1 Å². The van der Waals surface area contributed by atoms with E-state index in [0.29, 0.717) is 24.5 Å². The quantitative estimate of drug-likeness (QED) is 0.641. The van der Waals surface area contributed by atoms with Gasteiger partial charge >= 0.3 is 5.97 Å². The van der Waals surface area contributed by atoms with Gasteiger partial charge in [0.25, 0.3) is 0 Å². The fourth-order valence-electron chi connectivity index (χ4n) is 2.91. The Labute approximate surface area is 157 Å². The van der Waals surface area contributed by atoms with Crippen molar-refractivity contribution in [2.75, 3.05) is 5.32 Å². The molecule has 0 fully saturated rings. The molecule has 0 amide bonds. The molecule has 1 unspecified atom stereocenters. The van der Waals surface area contributed by atoms with Crippen molar-refractivity contribution in [3.05, 3.63) is 52.7 Å². The number of hydrogen-bond donors (Lipinski definition) is 2. The summed E-state index contributed by atoms with van der Waals surface area (Å²) in [5.74, 6) is 0.719. The predicted molar refractivity (Wildman–Crippen MR) is 106 cm³/mol. The van der Waals surface area contributed by atoms with Gasteiger partial charge in [0.05, 0.1) is 5.39 Å². The van der Waals surface area contributed by atoms with Gasteiger partial charge in [0.2, 0.25) is 0 Å². The van der Waals surface area contributed by atoms with Gasteiger partial charge in [-0.2, -0.15) is 0 Å². The van der Waals surface area contributed by atoms with Gasteiger partial charge in [0.15, 0.2) is 0 Å². The van der Waals surface area contributed by atoms with Crippen LogP contribution in [0.3, 0.4) is 0 Å². The molecule has 0 saturated carbocycles. The minimum Gasteiger partial charge on any atom is -0.480 e. The van der Waals surface area contributed by atoms with Gasteiger partial charge < -0.3 is 10.4 Å². The summed E-state index contributed by atoms with van der Waals surface area (Å²) < 4.78 is 0. The molecule has 0 aliphatic carbocycles. The van der Waals surface area contributed by atoms with Crippen molar-refractivity contribution in [2.24, 2.45) is 5.92 Å². The van der Waals surface area contributed by atoms with Crippen LogP contribution in [0.1, 0.15) is 36.5 Å². The van der Waals surface area contributed by atoms with Crippen LogP contribution in [0.4, 0.5) is 5.82 Å². The maximum atomic E-state index is 11.7. The lowest BCUT2D eigenvalue weighted by Gasteiger charge is -2.18. The molecular formula is C20H23N3O2S. The summed E-state index contributed by atoms with van der Waals surface area (Å²) in [7, 11) is 0. The van der Waals surface area contributed by atoms with E-state index in [-0.39, 0.29) is 5.92 Å². The first kappa shape index (κ1) is 18.3. The van der Waals surface area contributed by atoms with Crippen LogP contribution in [0.5, 0.6) is 0 Å². The van der Waals surface area contributed by atoms with Crippen molar-refractivity contribution in [1.82, 2.24) is 9.97 Å². The highest BCUT2D eigenvalue weighted by Crippen LogP contribution is 2.30. The van der Waals surface area contributed by atoms with Crippen LogP contribution in [-0.2, 0) is 11.2 Å². The van der Waals surface area contributed by atoms with E-state index in [1.54, 1.807) is 11.3 Å². The van der Waals surface area contributed by atoms with Gasteiger partial charge in [-0.1, -0.05) is 44.2 Å². The normalized spacial score (nSPS) is 12.5. The average molecular weight is 369 g/mol. The zero-order chi connectivity index (χ0) is 18.7. The van der Waals surface area contributed by atoms with Crippen molar-refractivity contribution < 1.29 is 9.90 Å². The zero-order valence-corrected chi connectivity index (χ0v) is 16.0. The van der Waals surface area contributed by atoms with Crippen LogP contribution in [-0.4, -0.2) is 27.1 Å². The van der Waals surface area contributed by atoms with E-state index in [4.69, 9.17) is 0 Å². The summed E-state index contributed by atoms with van der Waals surface area (Å²) in [6, 6.07) is 11.4. The third-order valence-electron chi connectivity index (χ3n) is 4.08. The number of benzene rings is 1. The molecule has 26 heavy (non-hydrogen) atoms. The summed E-state index contributed by atoms with van der Waals surface area (Å²) in [4.78, 5) is 23.0. The number of aromatic nitrogens is 2. The van der Waals surface area contributed by atoms with Gasteiger partial charge in [-0.25, -0.2) is 14.8 Å². The molecule has 3 aromatic rings. The summed E-state index contributed by atoms with van der Waals surface area (Å²) in [6.07, 6.45) is 1.16. The molecule has 6 heteroatoms. The second kappa shape index (κ2) is 7.83. The van der Waals surface area contributed by atoms with Gasteiger partial charge in [-0.05, 0) is 30.9 Å². The number of hydrogen-bond acceptors (Lipinski definition) is 5. The standard InChI is InChI=1S/C20H23N3O2S/c1-12(2)9-16(20(24)25)21-18-15-10-13(3)26-19(15)23-17(22-18)11-14-7-5-4-6-8-14/h4-8,10,12,16H,9,11H2,1-3H3,(H,24,25)(H,21,22,23). The van der Waals surface area contributed by atoms with Crippen molar-refractivity contribution >= 4 is 33.3 Å². The molecule has 0 aliphatic heterocycles. The monoisotopic (exact) mass is 369 g/mol. The highest BCUT2D eigenvalue weighted by molar-refractivity contribution is 7.18. The maximum Gasteiger partial charge on any atom is 0.326 e. The van der Waals surface area contributed by atoms with Gasteiger partial charge in [-0.15, -0.1) is 11.3 Å². The first-order chi connectivity index (χ1) is 12.4. The van der Waals surface area contributed by atoms with Gasteiger partial charge in [0, 0.05) is 11.3 Å². The lowest BCUT2D eigenvalue weighted by Crippen LogP contribution is -2.31. The van der Waals surface area contributed by atoms with E-state index in [2.05, 4.69) is 15.3 Å². The Hall–Kier alpha value is -2.47. The molecule has 2 heterocycles. The largest absolute Gasteiger partial charge is 0.480 e. The van der Waals surface area contributed by atoms with E-state index < -0.39 is 12.0 Å². The number of aryl methyl sites for hydroxylation is 1. The first-order valence-electron chi connectivity index (χ1n) is 8.72. The third kappa shape index (κ3) is 4.38. The molecule has 0 spiro atoms. The Morgan fingerprint density at radius 2 is 1.96 bits per heavy atom. The molecule has 1 aromatic carbocycles. The molecule has 0 saturated heterocycles. The van der Waals surface area contributed by atoms with Crippen LogP contribution >= 0.6 is 11.3 Å². The maximum absolute atomic E-state index is 11.7. The number of anilines is 1. The molecule has 2 aromatic heterocycles. The molecule has 0 aliphatic rings. The highest BCUT2D eigenvalue weighted by atomic mass is 32.1. The lowest BCUT2D eigenvalue weighted by molar-refractivity contribution is -0.138. The van der Waals surface area contributed by atoms with Crippen LogP contribution < -0.4 is 5.32 Å². The Balaban J connectivity index is 1.98.